The molecule has 12 unspecified atom stereocenters. The van der Waals surface area contributed by atoms with Crippen LogP contribution in [0.1, 0.15) is 128 Å². The number of aliphatic hydroxyl groups excluding tert-OH is 1. The number of fused-ring (bicyclic) bond motifs is 14. The zero-order chi connectivity index (χ0) is 32.7. The fraction of sp³-hybridized carbons (Fsp3) is 0.632. The van der Waals surface area contributed by atoms with Crippen LogP contribution in [-0.4, -0.2) is 31.6 Å². The highest BCUT2D eigenvalue weighted by atomic mass is 32.2. The maximum atomic E-state index is 14.2. The third-order valence-electron chi connectivity index (χ3n) is 15.1. The maximum Gasteiger partial charge on any atom is 0.338 e. The van der Waals surface area contributed by atoms with Crippen molar-refractivity contribution in [2.24, 2.45) is 38.9 Å². The lowest BCUT2D eigenvalue weighted by Crippen LogP contribution is -2.45. The molecule has 0 spiro atoms. The van der Waals surface area contributed by atoms with Gasteiger partial charge in [-0.1, -0.05) is 26.0 Å². The average Bonchev–Trinajstić information content (AvgIpc) is 3.54. The number of hydrogen-bond donors (Lipinski definition) is 2. The number of nitrogens with zero attached hydrogens (tertiary/aromatic N) is 1. The summed E-state index contributed by atoms with van der Waals surface area (Å²) in [7, 11) is 0. The van der Waals surface area contributed by atoms with Crippen molar-refractivity contribution in [2.75, 3.05) is 0 Å². The van der Waals surface area contributed by atoms with Crippen molar-refractivity contribution in [2.45, 2.75) is 115 Å². The predicted octanol–water partition coefficient (Wildman–Crippen LogP) is 6.17. The first-order valence-electron chi connectivity index (χ1n) is 18.2. The van der Waals surface area contributed by atoms with Crippen LogP contribution in [0.5, 0.6) is 11.5 Å². The van der Waals surface area contributed by atoms with E-state index in [1.54, 1.807) is 6.21 Å². The van der Waals surface area contributed by atoms with Crippen molar-refractivity contribution in [3.63, 3.8) is 0 Å². The van der Waals surface area contributed by atoms with Crippen molar-refractivity contribution in [3.8, 4) is 11.5 Å². The van der Waals surface area contributed by atoms with Gasteiger partial charge < -0.3 is 13.5 Å². The van der Waals surface area contributed by atoms with Crippen LogP contribution in [-0.2, 0) is 46.7 Å². The second-order valence-electron chi connectivity index (χ2n) is 16.6. The highest BCUT2D eigenvalue weighted by Gasteiger charge is 2.60. The van der Waals surface area contributed by atoms with Gasteiger partial charge in [-0.15, -0.1) is 0 Å². The van der Waals surface area contributed by atoms with Crippen molar-refractivity contribution in [3.05, 3.63) is 57.1 Å². The molecule has 0 amide bonds. The summed E-state index contributed by atoms with van der Waals surface area (Å²) in [5.41, 5.74) is 8.23. The van der Waals surface area contributed by atoms with E-state index in [2.05, 4.69) is 35.1 Å². The molecule has 48 heavy (non-hydrogen) atoms. The molecule has 0 aromatic heterocycles. The number of aliphatic hydroxyl groups is 1. The van der Waals surface area contributed by atoms with Crippen LogP contribution in [0.15, 0.2) is 22.6 Å². The molecule has 10 rings (SSSR count). The second kappa shape index (κ2) is 10.6. The Hall–Kier alpha value is -2.40. The molecule has 2 aliphatic heterocycles. The van der Waals surface area contributed by atoms with Crippen LogP contribution >= 0.6 is 0 Å². The van der Waals surface area contributed by atoms with E-state index in [9.17, 15) is 18.3 Å². The Morgan fingerprint density at radius 2 is 1.67 bits per heavy atom. The molecule has 2 heterocycles. The fourth-order valence-electron chi connectivity index (χ4n) is 12.9. The standard InChI is InChI=1S/C38H44N2O6S2/c1-37-13-11-23-24(31(37)8-10-33(37)41)5-3-21-26(23)15-28(36-30(21)18-40-48(44)46-36)27-16-34(42)38(2)14-12-22-19-7-9-32-29(17-39-47(43)45-32)20(19)4-6-25(22)35(27)38/h7,9,15,17,22-25,27,31,33,35,40-41H,3-6,8,10-14,16,18H2,1-2H3. The van der Waals surface area contributed by atoms with Crippen LogP contribution in [0, 0.1) is 34.5 Å². The number of benzene rings is 2. The lowest BCUT2D eigenvalue weighted by Gasteiger charge is -2.51. The number of ketones is 1. The lowest BCUT2D eigenvalue weighted by atomic mass is 9.53. The molecule has 0 radical (unpaired) electrons. The van der Waals surface area contributed by atoms with Gasteiger partial charge in [-0.25, -0.2) is 0 Å². The van der Waals surface area contributed by atoms with Gasteiger partial charge in [-0.3, -0.25) is 4.79 Å². The summed E-state index contributed by atoms with van der Waals surface area (Å²) in [6.45, 7) is 5.08. The molecular weight excluding hydrogens is 645 g/mol. The van der Waals surface area contributed by atoms with Crippen LogP contribution in [0.2, 0.25) is 0 Å². The number of rotatable bonds is 1. The molecule has 2 N–H and O–H groups in total. The van der Waals surface area contributed by atoms with E-state index < -0.39 is 27.9 Å². The molecule has 2 aromatic rings. The van der Waals surface area contributed by atoms with Crippen molar-refractivity contribution >= 4 is 34.5 Å². The van der Waals surface area contributed by atoms with Crippen LogP contribution < -0.4 is 13.1 Å². The minimum absolute atomic E-state index is 0.0125. The maximum absolute atomic E-state index is 14.2. The number of carbonyl (C=O) groups is 1. The SMILES string of the molecule is CC12CCC3c4ccc5c(c4CCC3C1C(c1cc3c(c4c1OS(=O)NC4)CCC1C3CCC3(C)C(O)CCC13)CC2=O)C=NS(=O)O5. The minimum Gasteiger partial charge on any atom is -0.393 e. The van der Waals surface area contributed by atoms with Gasteiger partial charge in [0, 0.05) is 35.1 Å². The van der Waals surface area contributed by atoms with Gasteiger partial charge in [0.25, 0.3) is 11.3 Å². The number of Topliss-reactive ketones (excluding diaryl/α,β-unsaturated/α-hetero) is 1. The first kappa shape index (κ1) is 30.4. The van der Waals surface area contributed by atoms with E-state index in [1.807, 2.05) is 6.07 Å². The molecule has 8 aliphatic rings. The molecule has 8 nitrogen and oxygen atoms in total. The first-order chi connectivity index (χ1) is 23.2. The van der Waals surface area contributed by atoms with Gasteiger partial charge in [-0.05, 0) is 139 Å². The largest absolute Gasteiger partial charge is 0.393 e. The van der Waals surface area contributed by atoms with E-state index in [4.69, 9.17) is 8.37 Å². The molecule has 4 fully saturated rings. The summed E-state index contributed by atoms with van der Waals surface area (Å²) in [5, 5.41) is 11.0. The molecule has 254 valence electrons. The lowest BCUT2D eigenvalue weighted by molar-refractivity contribution is -0.129. The summed E-state index contributed by atoms with van der Waals surface area (Å²) in [6.07, 6.45) is 12.0. The zero-order valence-electron chi connectivity index (χ0n) is 27.7. The Balaban J connectivity index is 1.08. The van der Waals surface area contributed by atoms with Gasteiger partial charge in [-0.2, -0.15) is 17.5 Å². The highest BCUT2D eigenvalue weighted by molar-refractivity contribution is 7.79. The highest BCUT2D eigenvalue weighted by Crippen LogP contribution is 2.66. The predicted molar refractivity (Wildman–Crippen MR) is 183 cm³/mol. The van der Waals surface area contributed by atoms with Crippen molar-refractivity contribution in [1.82, 2.24) is 4.72 Å². The molecule has 2 aromatic carbocycles. The van der Waals surface area contributed by atoms with Gasteiger partial charge in [0.2, 0.25) is 0 Å². The zero-order valence-corrected chi connectivity index (χ0v) is 29.3. The van der Waals surface area contributed by atoms with Crippen LogP contribution in [0.3, 0.4) is 0 Å². The number of hydrogen-bond acceptors (Lipinski definition) is 6. The topological polar surface area (TPSA) is 114 Å². The minimum atomic E-state index is -1.68. The molecule has 12 atom stereocenters. The Kier molecular flexibility index (Phi) is 6.69. The van der Waals surface area contributed by atoms with Crippen molar-refractivity contribution in [1.29, 1.82) is 0 Å². The Morgan fingerprint density at radius 1 is 0.875 bits per heavy atom. The van der Waals surface area contributed by atoms with E-state index in [0.717, 1.165) is 86.6 Å². The van der Waals surface area contributed by atoms with Gasteiger partial charge in [0.1, 0.15) is 11.5 Å². The smallest absolute Gasteiger partial charge is 0.338 e. The molecule has 10 heteroatoms. The van der Waals surface area contributed by atoms with E-state index in [1.165, 1.54) is 22.3 Å². The first-order valence-corrected chi connectivity index (χ1v) is 20.3. The van der Waals surface area contributed by atoms with Gasteiger partial charge >= 0.3 is 11.3 Å². The van der Waals surface area contributed by atoms with Crippen LogP contribution in [0.4, 0.5) is 0 Å². The second-order valence-corrected chi connectivity index (χ2v) is 18.4. The van der Waals surface area contributed by atoms with Gasteiger partial charge in [0.15, 0.2) is 5.75 Å². The molecule has 0 saturated heterocycles. The summed E-state index contributed by atoms with van der Waals surface area (Å²) in [6, 6.07) is 6.55. The average molecular weight is 689 g/mol. The molecule has 6 aliphatic carbocycles. The monoisotopic (exact) mass is 688 g/mol. The molecule has 0 bridgehead atoms. The van der Waals surface area contributed by atoms with Crippen molar-refractivity contribution < 1.29 is 26.7 Å². The number of nitrogens with one attached hydrogen (secondary N) is 1. The molecule has 4 saturated carbocycles. The summed E-state index contributed by atoms with van der Waals surface area (Å²) in [5.74, 6) is 4.17. The number of carbonyl (C=O) groups excluding carboxylic acids is 1. The van der Waals surface area contributed by atoms with E-state index in [-0.39, 0.29) is 23.4 Å². The van der Waals surface area contributed by atoms with Gasteiger partial charge in [0.05, 0.1) is 12.3 Å². The third-order valence-corrected chi connectivity index (χ3v) is 16.4. The molecular formula is C38H44N2O6S2. The summed E-state index contributed by atoms with van der Waals surface area (Å²) in [4.78, 5) is 14.2. The van der Waals surface area contributed by atoms with E-state index in [0.29, 0.717) is 54.1 Å². The fourth-order valence-corrected chi connectivity index (χ4v) is 14.1. The Bertz CT molecular complexity index is 1860. The normalized spacial score (nSPS) is 43.3. The Morgan fingerprint density at radius 3 is 2.54 bits per heavy atom. The van der Waals surface area contributed by atoms with E-state index >= 15 is 0 Å². The third kappa shape index (κ3) is 4.06. The quantitative estimate of drug-likeness (QED) is 0.371. The Labute approximate surface area is 287 Å². The summed E-state index contributed by atoms with van der Waals surface area (Å²) >= 11 is -3.29. The van der Waals surface area contributed by atoms with Crippen LogP contribution in [0.25, 0.3) is 0 Å². The summed E-state index contributed by atoms with van der Waals surface area (Å²) < 4.78 is 43.9.